The standard InChI is InChI=1S/C15H21ClO/c1-10(2)11(3)15(16)13-6-7-14-12(9-13)5-4-8-17-14/h6-7,9-11,15H,4-5,8H2,1-3H3. The topological polar surface area (TPSA) is 9.23 Å². The summed E-state index contributed by atoms with van der Waals surface area (Å²) in [5.41, 5.74) is 2.55. The number of alkyl halides is 1. The molecule has 17 heavy (non-hydrogen) atoms. The van der Waals surface area contributed by atoms with Crippen molar-refractivity contribution >= 4 is 11.6 Å². The summed E-state index contributed by atoms with van der Waals surface area (Å²) in [7, 11) is 0. The number of hydrogen-bond donors (Lipinski definition) is 0. The Bertz CT molecular complexity index is 387. The highest BCUT2D eigenvalue weighted by molar-refractivity contribution is 6.21. The van der Waals surface area contributed by atoms with Crippen molar-refractivity contribution in [3.05, 3.63) is 29.3 Å². The molecule has 0 radical (unpaired) electrons. The van der Waals surface area contributed by atoms with E-state index in [9.17, 15) is 0 Å². The van der Waals surface area contributed by atoms with Gasteiger partial charge in [-0.2, -0.15) is 0 Å². The molecule has 0 saturated heterocycles. The van der Waals surface area contributed by atoms with Gasteiger partial charge in [0.2, 0.25) is 0 Å². The molecule has 1 nitrogen and oxygen atoms in total. The first-order valence-corrected chi connectivity index (χ1v) is 6.93. The summed E-state index contributed by atoms with van der Waals surface area (Å²) >= 11 is 6.55. The molecule has 0 N–H and O–H groups in total. The minimum absolute atomic E-state index is 0.0993. The van der Waals surface area contributed by atoms with Crippen LogP contribution in [0.25, 0.3) is 0 Å². The molecular weight excluding hydrogens is 232 g/mol. The lowest BCUT2D eigenvalue weighted by molar-refractivity contribution is 0.288. The van der Waals surface area contributed by atoms with Gasteiger partial charge in [0.15, 0.2) is 0 Å². The maximum atomic E-state index is 6.55. The van der Waals surface area contributed by atoms with E-state index in [0.29, 0.717) is 11.8 Å². The van der Waals surface area contributed by atoms with Crippen LogP contribution in [-0.4, -0.2) is 6.61 Å². The van der Waals surface area contributed by atoms with Crippen molar-refractivity contribution in [2.24, 2.45) is 11.8 Å². The number of ether oxygens (including phenoxy) is 1. The third-order valence-corrected chi connectivity index (χ3v) is 4.41. The fourth-order valence-corrected chi connectivity index (χ4v) is 2.62. The van der Waals surface area contributed by atoms with Gasteiger partial charge in [-0.05, 0) is 41.9 Å². The highest BCUT2D eigenvalue weighted by atomic mass is 35.5. The summed E-state index contributed by atoms with van der Waals surface area (Å²) in [5.74, 6) is 2.13. The van der Waals surface area contributed by atoms with Crippen LogP contribution in [0.15, 0.2) is 18.2 Å². The van der Waals surface area contributed by atoms with Crippen molar-refractivity contribution in [1.82, 2.24) is 0 Å². The maximum Gasteiger partial charge on any atom is 0.122 e. The summed E-state index contributed by atoms with van der Waals surface area (Å²) in [6.07, 6.45) is 2.23. The van der Waals surface area contributed by atoms with Gasteiger partial charge in [-0.1, -0.05) is 32.9 Å². The Balaban J connectivity index is 2.21. The molecule has 1 aromatic rings. The Kier molecular flexibility index (Phi) is 3.98. The van der Waals surface area contributed by atoms with Crippen molar-refractivity contribution < 1.29 is 4.74 Å². The third-order valence-electron chi connectivity index (χ3n) is 3.76. The normalized spacial score (nSPS) is 18.4. The maximum absolute atomic E-state index is 6.55. The van der Waals surface area contributed by atoms with E-state index < -0.39 is 0 Å². The third kappa shape index (κ3) is 2.77. The number of aryl methyl sites for hydroxylation is 1. The summed E-state index contributed by atoms with van der Waals surface area (Å²) in [4.78, 5) is 0. The van der Waals surface area contributed by atoms with Gasteiger partial charge in [0.25, 0.3) is 0 Å². The van der Waals surface area contributed by atoms with Crippen molar-refractivity contribution in [3.8, 4) is 5.75 Å². The van der Waals surface area contributed by atoms with Crippen LogP contribution in [0.2, 0.25) is 0 Å². The van der Waals surface area contributed by atoms with Crippen LogP contribution >= 0.6 is 11.6 Å². The van der Waals surface area contributed by atoms with Crippen LogP contribution in [0, 0.1) is 11.8 Å². The molecule has 1 heterocycles. The van der Waals surface area contributed by atoms with Crippen molar-refractivity contribution in [3.63, 3.8) is 0 Å². The van der Waals surface area contributed by atoms with E-state index in [2.05, 4.69) is 39.0 Å². The zero-order chi connectivity index (χ0) is 12.4. The van der Waals surface area contributed by atoms with Gasteiger partial charge in [-0.25, -0.2) is 0 Å². The molecule has 0 fully saturated rings. The van der Waals surface area contributed by atoms with Gasteiger partial charge in [-0.3, -0.25) is 0 Å². The van der Waals surface area contributed by atoms with Gasteiger partial charge < -0.3 is 4.74 Å². The first-order valence-electron chi connectivity index (χ1n) is 6.49. The van der Waals surface area contributed by atoms with Gasteiger partial charge in [-0.15, -0.1) is 11.6 Å². The lowest BCUT2D eigenvalue weighted by Crippen LogP contribution is -2.13. The van der Waals surface area contributed by atoms with Crippen molar-refractivity contribution in [2.75, 3.05) is 6.61 Å². The molecule has 0 aromatic heterocycles. The molecule has 2 rings (SSSR count). The second-order valence-corrected chi connectivity index (χ2v) is 5.79. The Morgan fingerprint density at radius 1 is 1.24 bits per heavy atom. The molecule has 2 unspecified atom stereocenters. The van der Waals surface area contributed by atoms with Gasteiger partial charge >= 0.3 is 0 Å². The zero-order valence-corrected chi connectivity index (χ0v) is 11.6. The van der Waals surface area contributed by atoms with E-state index >= 15 is 0 Å². The lowest BCUT2D eigenvalue weighted by atomic mass is 9.89. The van der Waals surface area contributed by atoms with E-state index in [0.717, 1.165) is 25.2 Å². The average molecular weight is 253 g/mol. The predicted molar refractivity (Wildman–Crippen MR) is 72.9 cm³/mol. The molecular formula is C15H21ClO. The van der Waals surface area contributed by atoms with Crippen LogP contribution in [0.1, 0.15) is 43.7 Å². The molecule has 2 heteroatoms. The lowest BCUT2D eigenvalue weighted by Gasteiger charge is -2.24. The number of rotatable bonds is 3. The van der Waals surface area contributed by atoms with Crippen LogP contribution in [0.4, 0.5) is 0 Å². The monoisotopic (exact) mass is 252 g/mol. The van der Waals surface area contributed by atoms with Gasteiger partial charge in [0.05, 0.1) is 12.0 Å². The fourth-order valence-electron chi connectivity index (χ4n) is 2.19. The van der Waals surface area contributed by atoms with Crippen LogP contribution in [0.5, 0.6) is 5.75 Å². The van der Waals surface area contributed by atoms with Crippen LogP contribution < -0.4 is 4.74 Å². The molecule has 1 aromatic carbocycles. The Morgan fingerprint density at radius 3 is 2.71 bits per heavy atom. The van der Waals surface area contributed by atoms with E-state index in [4.69, 9.17) is 16.3 Å². The molecule has 94 valence electrons. The fraction of sp³-hybridized carbons (Fsp3) is 0.600. The highest BCUT2D eigenvalue weighted by Gasteiger charge is 2.21. The zero-order valence-electron chi connectivity index (χ0n) is 10.9. The summed E-state index contributed by atoms with van der Waals surface area (Å²) in [5, 5.41) is 0.0993. The molecule has 0 aliphatic carbocycles. The van der Waals surface area contributed by atoms with E-state index in [1.165, 1.54) is 11.1 Å². The second-order valence-electron chi connectivity index (χ2n) is 5.32. The number of fused-ring (bicyclic) bond motifs is 1. The summed E-state index contributed by atoms with van der Waals surface area (Å²) in [6.45, 7) is 7.51. The smallest absolute Gasteiger partial charge is 0.122 e. The molecule has 1 aliphatic heterocycles. The van der Waals surface area contributed by atoms with Crippen LogP contribution in [-0.2, 0) is 6.42 Å². The van der Waals surface area contributed by atoms with Crippen molar-refractivity contribution in [2.45, 2.75) is 39.0 Å². The molecule has 0 bridgehead atoms. The molecule has 0 saturated carbocycles. The minimum atomic E-state index is 0.0993. The second kappa shape index (κ2) is 5.30. The molecule has 1 aliphatic rings. The Morgan fingerprint density at radius 2 is 2.00 bits per heavy atom. The molecule has 0 amide bonds. The molecule has 2 atom stereocenters. The first kappa shape index (κ1) is 12.8. The highest BCUT2D eigenvalue weighted by Crippen LogP contribution is 2.36. The summed E-state index contributed by atoms with van der Waals surface area (Å²) < 4.78 is 5.62. The van der Waals surface area contributed by atoms with E-state index in [1.807, 2.05) is 0 Å². The van der Waals surface area contributed by atoms with Crippen molar-refractivity contribution in [1.29, 1.82) is 0 Å². The predicted octanol–water partition coefficient (Wildman–Crippen LogP) is 4.58. The average Bonchev–Trinajstić information content (AvgIpc) is 2.36. The number of benzene rings is 1. The quantitative estimate of drug-likeness (QED) is 0.716. The van der Waals surface area contributed by atoms with E-state index in [1.54, 1.807) is 0 Å². The SMILES string of the molecule is CC(C)C(C)C(Cl)c1ccc2c(c1)CCCO2. The van der Waals surface area contributed by atoms with Gasteiger partial charge in [0, 0.05) is 0 Å². The Labute approximate surface area is 109 Å². The first-order chi connectivity index (χ1) is 8.09. The van der Waals surface area contributed by atoms with Gasteiger partial charge in [0.1, 0.15) is 5.75 Å². The minimum Gasteiger partial charge on any atom is -0.493 e. The van der Waals surface area contributed by atoms with Crippen LogP contribution in [0.3, 0.4) is 0 Å². The number of halogens is 1. The Hall–Kier alpha value is -0.690. The number of hydrogen-bond acceptors (Lipinski definition) is 1. The largest absolute Gasteiger partial charge is 0.493 e. The van der Waals surface area contributed by atoms with E-state index in [-0.39, 0.29) is 5.38 Å². The molecule has 0 spiro atoms. The summed E-state index contributed by atoms with van der Waals surface area (Å²) in [6, 6.07) is 6.41.